The number of aromatic nitrogens is 1. The molecule has 5 heteroatoms. The van der Waals surface area contributed by atoms with Gasteiger partial charge in [0.15, 0.2) is 5.13 Å². The van der Waals surface area contributed by atoms with E-state index in [1.54, 1.807) is 12.1 Å². The zero-order valence-electron chi connectivity index (χ0n) is 11.0. The van der Waals surface area contributed by atoms with Crippen LogP contribution in [0.2, 0.25) is 0 Å². The van der Waals surface area contributed by atoms with Gasteiger partial charge in [0.25, 0.3) is 0 Å². The number of carbonyl (C=O) groups excluding carboxylic acids is 1. The molecule has 0 unspecified atom stereocenters. The number of benzene rings is 1. The summed E-state index contributed by atoms with van der Waals surface area (Å²) in [6.07, 6.45) is 0.330. The summed E-state index contributed by atoms with van der Waals surface area (Å²) in [4.78, 5) is 16.2. The van der Waals surface area contributed by atoms with Crippen molar-refractivity contribution < 1.29 is 4.79 Å². The lowest BCUT2D eigenvalue weighted by Gasteiger charge is -2.03. The van der Waals surface area contributed by atoms with Crippen LogP contribution in [0, 0.1) is 0 Å². The number of carbonyl (C=O) groups is 1. The number of nitrogen functional groups attached to an aromatic ring is 1. The molecule has 0 fully saturated rings. The van der Waals surface area contributed by atoms with Gasteiger partial charge in [0, 0.05) is 11.1 Å². The lowest BCUT2D eigenvalue weighted by molar-refractivity contribution is -0.115. The fraction of sp³-hybridized carbons (Fsp3) is 0.286. The van der Waals surface area contributed by atoms with Gasteiger partial charge in [0.05, 0.1) is 12.1 Å². The van der Waals surface area contributed by atoms with E-state index in [1.807, 2.05) is 17.5 Å². The highest BCUT2D eigenvalue weighted by atomic mass is 32.1. The minimum absolute atomic E-state index is 0.0607. The Morgan fingerprint density at radius 2 is 2.05 bits per heavy atom. The number of hydrogen-bond donors (Lipinski definition) is 2. The van der Waals surface area contributed by atoms with Crippen molar-refractivity contribution in [2.24, 2.45) is 0 Å². The smallest absolute Gasteiger partial charge is 0.230 e. The average Bonchev–Trinajstić information content (AvgIpc) is 2.80. The van der Waals surface area contributed by atoms with E-state index >= 15 is 0 Å². The van der Waals surface area contributed by atoms with E-state index in [-0.39, 0.29) is 5.91 Å². The highest BCUT2D eigenvalue weighted by Crippen LogP contribution is 2.21. The summed E-state index contributed by atoms with van der Waals surface area (Å²) in [5.41, 5.74) is 8.25. The molecule has 1 aromatic carbocycles. The van der Waals surface area contributed by atoms with Gasteiger partial charge in [-0.1, -0.05) is 26.0 Å². The first-order valence-electron chi connectivity index (χ1n) is 6.14. The first-order valence-corrected chi connectivity index (χ1v) is 7.02. The third kappa shape index (κ3) is 3.79. The predicted octanol–water partition coefficient (Wildman–Crippen LogP) is 3.03. The molecule has 0 radical (unpaired) electrons. The molecule has 0 saturated carbocycles. The molecule has 0 atom stereocenters. The van der Waals surface area contributed by atoms with Crippen molar-refractivity contribution >= 4 is 28.1 Å². The number of anilines is 2. The molecule has 3 N–H and O–H groups in total. The number of nitrogens with two attached hydrogens (primary N) is 1. The zero-order valence-corrected chi connectivity index (χ0v) is 11.8. The van der Waals surface area contributed by atoms with Crippen LogP contribution in [0.1, 0.15) is 31.0 Å². The summed E-state index contributed by atoms with van der Waals surface area (Å²) in [5.74, 6) is 0.313. The molecule has 100 valence electrons. The second kappa shape index (κ2) is 5.84. The Bertz CT molecular complexity index is 560. The normalized spacial score (nSPS) is 10.7. The van der Waals surface area contributed by atoms with Crippen LogP contribution >= 0.6 is 11.3 Å². The Labute approximate surface area is 116 Å². The van der Waals surface area contributed by atoms with Crippen LogP contribution in [0.4, 0.5) is 10.8 Å². The van der Waals surface area contributed by atoms with E-state index in [2.05, 4.69) is 24.1 Å². The lowest BCUT2D eigenvalue weighted by Crippen LogP contribution is -2.14. The van der Waals surface area contributed by atoms with E-state index in [0.717, 1.165) is 11.3 Å². The summed E-state index contributed by atoms with van der Waals surface area (Å²) in [6.45, 7) is 4.16. The fourth-order valence-electron chi connectivity index (χ4n) is 1.59. The Morgan fingerprint density at radius 3 is 2.63 bits per heavy atom. The molecule has 0 saturated heterocycles. The van der Waals surface area contributed by atoms with Gasteiger partial charge in [-0.15, -0.1) is 11.3 Å². The van der Waals surface area contributed by atoms with Gasteiger partial charge in [-0.3, -0.25) is 4.79 Å². The first-order chi connectivity index (χ1) is 9.04. The van der Waals surface area contributed by atoms with Crippen molar-refractivity contribution in [3.63, 3.8) is 0 Å². The molecule has 19 heavy (non-hydrogen) atoms. The highest BCUT2D eigenvalue weighted by molar-refractivity contribution is 7.13. The maximum Gasteiger partial charge on any atom is 0.230 e. The fourth-order valence-corrected chi connectivity index (χ4v) is 2.48. The number of hydrogen-bond acceptors (Lipinski definition) is 4. The van der Waals surface area contributed by atoms with Crippen molar-refractivity contribution in [3.8, 4) is 0 Å². The zero-order chi connectivity index (χ0) is 13.8. The molecule has 4 nitrogen and oxygen atoms in total. The van der Waals surface area contributed by atoms with Crippen LogP contribution in [0.25, 0.3) is 0 Å². The van der Waals surface area contributed by atoms with E-state index < -0.39 is 0 Å². The summed E-state index contributed by atoms with van der Waals surface area (Å²) in [5, 5.41) is 5.45. The predicted molar refractivity (Wildman–Crippen MR) is 79.4 cm³/mol. The molecule has 0 bridgehead atoms. The summed E-state index contributed by atoms with van der Waals surface area (Å²) >= 11 is 1.46. The van der Waals surface area contributed by atoms with Gasteiger partial charge < -0.3 is 11.1 Å². The van der Waals surface area contributed by atoms with E-state index in [1.165, 1.54) is 11.3 Å². The van der Waals surface area contributed by atoms with Crippen LogP contribution in [-0.2, 0) is 11.2 Å². The quantitative estimate of drug-likeness (QED) is 0.843. The van der Waals surface area contributed by atoms with Crippen LogP contribution in [0.5, 0.6) is 0 Å². The van der Waals surface area contributed by atoms with Crippen molar-refractivity contribution in [1.29, 1.82) is 0 Å². The molecule has 1 aromatic heterocycles. The van der Waals surface area contributed by atoms with Gasteiger partial charge in [-0.05, 0) is 23.6 Å². The average molecular weight is 275 g/mol. The monoisotopic (exact) mass is 275 g/mol. The third-order valence-electron chi connectivity index (χ3n) is 2.70. The Kier molecular flexibility index (Phi) is 4.16. The standard InChI is InChI=1S/C14H17N3OS/c1-9(2)12-8-19-14(16-12)17-13(18)7-10-3-5-11(15)6-4-10/h3-6,8-9H,7,15H2,1-2H3,(H,16,17,18). The molecule has 0 aliphatic rings. The maximum absolute atomic E-state index is 11.9. The molecular weight excluding hydrogens is 258 g/mol. The van der Waals surface area contributed by atoms with E-state index in [9.17, 15) is 4.79 Å². The second-order valence-electron chi connectivity index (χ2n) is 4.70. The molecule has 0 spiro atoms. The molecular formula is C14H17N3OS. The van der Waals surface area contributed by atoms with E-state index in [4.69, 9.17) is 5.73 Å². The van der Waals surface area contributed by atoms with Crippen molar-refractivity contribution in [2.45, 2.75) is 26.2 Å². The summed E-state index contributed by atoms with van der Waals surface area (Å²) in [7, 11) is 0. The molecule has 1 amide bonds. The van der Waals surface area contributed by atoms with Crippen LogP contribution in [0.3, 0.4) is 0 Å². The Morgan fingerprint density at radius 1 is 1.37 bits per heavy atom. The molecule has 1 heterocycles. The SMILES string of the molecule is CC(C)c1csc(NC(=O)Cc2ccc(N)cc2)n1. The minimum atomic E-state index is -0.0607. The number of amides is 1. The van der Waals surface area contributed by atoms with Crippen LogP contribution < -0.4 is 11.1 Å². The maximum atomic E-state index is 11.9. The molecule has 0 aliphatic carbocycles. The van der Waals surface area contributed by atoms with Gasteiger partial charge >= 0.3 is 0 Å². The van der Waals surface area contributed by atoms with Crippen LogP contribution in [-0.4, -0.2) is 10.9 Å². The van der Waals surface area contributed by atoms with E-state index in [0.29, 0.717) is 23.2 Å². The number of rotatable bonds is 4. The van der Waals surface area contributed by atoms with Gasteiger partial charge in [0.1, 0.15) is 0 Å². The Balaban J connectivity index is 1.95. The molecule has 0 aliphatic heterocycles. The third-order valence-corrected chi connectivity index (χ3v) is 3.48. The van der Waals surface area contributed by atoms with Crippen molar-refractivity contribution in [1.82, 2.24) is 4.98 Å². The summed E-state index contributed by atoms with van der Waals surface area (Å²) < 4.78 is 0. The van der Waals surface area contributed by atoms with Crippen LogP contribution in [0.15, 0.2) is 29.6 Å². The largest absolute Gasteiger partial charge is 0.399 e. The molecule has 2 rings (SSSR count). The number of nitrogens with one attached hydrogen (secondary N) is 1. The molecule has 2 aromatic rings. The van der Waals surface area contributed by atoms with Gasteiger partial charge in [-0.2, -0.15) is 0 Å². The number of nitrogens with zero attached hydrogens (tertiary/aromatic N) is 1. The van der Waals surface area contributed by atoms with Gasteiger partial charge in [-0.25, -0.2) is 4.98 Å². The topological polar surface area (TPSA) is 68.0 Å². The Hall–Kier alpha value is -1.88. The number of thiazole rings is 1. The van der Waals surface area contributed by atoms with Crippen molar-refractivity contribution in [2.75, 3.05) is 11.1 Å². The van der Waals surface area contributed by atoms with Gasteiger partial charge in [0.2, 0.25) is 5.91 Å². The lowest BCUT2D eigenvalue weighted by atomic mass is 10.1. The highest BCUT2D eigenvalue weighted by Gasteiger charge is 2.09. The summed E-state index contributed by atoms with van der Waals surface area (Å²) in [6, 6.07) is 7.30. The van der Waals surface area contributed by atoms with Crippen molar-refractivity contribution in [3.05, 3.63) is 40.9 Å². The second-order valence-corrected chi connectivity index (χ2v) is 5.56. The minimum Gasteiger partial charge on any atom is -0.399 e. The first kappa shape index (κ1) is 13.5.